The number of carboxylic acid groups (broad SMARTS) is 1. The summed E-state index contributed by atoms with van der Waals surface area (Å²) in [4.78, 5) is 28.1. The normalized spacial score (nSPS) is 11.6. The van der Waals surface area contributed by atoms with Gasteiger partial charge in [-0.25, -0.2) is 0 Å². The van der Waals surface area contributed by atoms with Gasteiger partial charge in [0.25, 0.3) is 5.91 Å². The monoisotopic (exact) mass is 288 g/mol. The minimum Gasteiger partial charge on any atom is -0.481 e. The Bertz CT molecular complexity index is 634. The van der Waals surface area contributed by atoms with Gasteiger partial charge in [0.2, 0.25) is 0 Å². The molecule has 21 heavy (non-hydrogen) atoms. The molecule has 2 N–H and O–H groups in total. The quantitative estimate of drug-likeness (QED) is 0.908. The Hall–Kier alpha value is -2.30. The van der Waals surface area contributed by atoms with Crippen molar-refractivity contribution < 1.29 is 14.7 Å². The van der Waals surface area contributed by atoms with Crippen LogP contribution >= 0.6 is 0 Å². The van der Waals surface area contributed by atoms with Crippen LogP contribution in [0.25, 0.3) is 10.9 Å². The van der Waals surface area contributed by atoms with E-state index in [9.17, 15) is 9.59 Å². The van der Waals surface area contributed by atoms with E-state index in [4.69, 9.17) is 5.11 Å². The number of aliphatic carboxylic acids is 1. The molecule has 112 valence electrons. The highest BCUT2D eigenvalue weighted by molar-refractivity contribution is 5.98. The molecule has 1 aromatic carbocycles. The second-order valence-corrected chi connectivity index (χ2v) is 6.04. The number of nitrogens with zero attached hydrogens (tertiary/aromatic N) is 1. The molecule has 5 heteroatoms. The van der Waals surface area contributed by atoms with E-state index < -0.39 is 11.5 Å². The van der Waals surface area contributed by atoms with E-state index >= 15 is 0 Å². The van der Waals surface area contributed by atoms with Crippen LogP contribution in [-0.2, 0) is 4.79 Å². The molecule has 2 aromatic rings. The summed E-state index contributed by atoms with van der Waals surface area (Å²) in [5.41, 5.74) is 0.938. The molecular formula is C16H20N2O3. The van der Waals surface area contributed by atoms with Crippen molar-refractivity contribution >= 4 is 22.8 Å². The maximum Gasteiger partial charge on any atom is 0.305 e. The topological polar surface area (TPSA) is 73.4 Å². The molecule has 1 heterocycles. The molecule has 0 saturated heterocycles. The number of para-hydroxylation sites is 1. The summed E-state index contributed by atoms with van der Waals surface area (Å²) in [6, 6.07) is 9.46. The first kappa shape index (κ1) is 15.1. The summed E-state index contributed by atoms with van der Waals surface area (Å²) in [6.07, 6.45) is -0.0662. The SMILES string of the molecule is CC(C)(C)N(CCC(=O)O)C(=O)c1cc2ccccc2[nH]1. The number of H-pyrrole nitrogens is 1. The number of carbonyl (C=O) groups excluding carboxylic acids is 1. The Balaban J connectivity index is 2.30. The van der Waals surface area contributed by atoms with Crippen molar-refractivity contribution in [2.75, 3.05) is 6.54 Å². The van der Waals surface area contributed by atoms with Crippen LogP contribution < -0.4 is 0 Å². The number of fused-ring (bicyclic) bond motifs is 1. The molecule has 1 aromatic heterocycles. The van der Waals surface area contributed by atoms with Gasteiger partial charge in [0.1, 0.15) is 5.69 Å². The molecule has 0 unspecified atom stereocenters. The van der Waals surface area contributed by atoms with E-state index in [1.54, 1.807) is 11.0 Å². The van der Waals surface area contributed by atoms with Crippen molar-refractivity contribution in [3.63, 3.8) is 0 Å². The van der Waals surface area contributed by atoms with Crippen LogP contribution in [0, 0.1) is 0 Å². The van der Waals surface area contributed by atoms with Crippen molar-refractivity contribution in [1.29, 1.82) is 0 Å². The molecular weight excluding hydrogens is 268 g/mol. The number of benzene rings is 1. The number of hydrogen-bond acceptors (Lipinski definition) is 2. The van der Waals surface area contributed by atoms with Gasteiger partial charge in [-0.05, 0) is 32.9 Å². The fourth-order valence-corrected chi connectivity index (χ4v) is 2.28. The zero-order chi connectivity index (χ0) is 15.6. The van der Waals surface area contributed by atoms with Crippen LogP contribution in [0.1, 0.15) is 37.7 Å². The predicted molar refractivity (Wildman–Crippen MR) is 81.3 cm³/mol. The Labute approximate surface area is 123 Å². The fraction of sp³-hybridized carbons (Fsp3) is 0.375. The summed E-state index contributed by atoms with van der Waals surface area (Å²) in [5.74, 6) is -1.09. The average Bonchev–Trinajstić information content (AvgIpc) is 2.80. The Morgan fingerprint density at radius 1 is 1.24 bits per heavy atom. The van der Waals surface area contributed by atoms with Crippen molar-refractivity contribution in [3.8, 4) is 0 Å². The molecule has 0 aliphatic heterocycles. The molecule has 0 aliphatic rings. The highest BCUT2D eigenvalue weighted by Crippen LogP contribution is 2.21. The van der Waals surface area contributed by atoms with Crippen LogP contribution in [0.3, 0.4) is 0 Å². The molecule has 0 aliphatic carbocycles. The van der Waals surface area contributed by atoms with Gasteiger partial charge in [-0.3, -0.25) is 9.59 Å². The first-order valence-electron chi connectivity index (χ1n) is 6.90. The highest BCUT2D eigenvalue weighted by atomic mass is 16.4. The lowest BCUT2D eigenvalue weighted by Gasteiger charge is -2.35. The summed E-state index contributed by atoms with van der Waals surface area (Å²) in [5, 5.41) is 9.81. The third kappa shape index (κ3) is 3.42. The van der Waals surface area contributed by atoms with Crippen molar-refractivity contribution in [3.05, 3.63) is 36.0 Å². The molecule has 0 radical (unpaired) electrons. The summed E-state index contributed by atoms with van der Waals surface area (Å²) in [6.45, 7) is 5.88. The highest BCUT2D eigenvalue weighted by Gasteiger charge is 2.28. The third-order valence-corrected chi connectivity index (χ3v) is 3.36. The van der Waals surface area contributed by atoms with E-state index in [0.29, 0.717) is 5.69 Å². The lowest BCUT2D eigenvalue weighted by Crippen LogP contribution is -2.46. The molecule has 0 saturated carbocycles. The summed E-state index contributed by atoms with van der Waals surface area (Å²) < 4.78 is 0. The van der Waals surface area contributed by atoms with Crippen LogP contribution in [0.5, 0.6) is 0 Å². The largest absolute Gasteiger partial charge is 0.481 e. The second-order valence-electron chi connectivity index (χ2n) is 6.04. The number of nitrogens with one attached hydrogen (secondary N) is 1. The predicted octanol–water partition coefficient (Wildman–Crippen LogP) is 2.88. The standard InChI is InChI=1S/C16H20N2O3/c1-16(2,3)18(9-8-14(19)20)15(21)13-10-11-6-4-5-7-12(11)17-13/h4-7,10,17H,8-9H2,1-3H3,(H,19,20). The van der Waals surface area contributed by atoms with Crippen molar-refractivity contribution in [2.24, 2.45) is 0 Å². The van der Waals surface area contributed by atoms with Gasteiger partial charge in [0, 0.05) is 23.0 Å². The minimum absolute atomic E-state index is 0.0662. The number of amides is 1. The van der Waals surface area contributed by atoms with Crippen molar-refractivity contribution in [1.82, 2.24) is 9.88 Å². The molecule has 0 fully saturated rings. The number of hydrogen-bond donors (Lipinski definition) is 2. The smallest absolute Gasteiger partial charge is 0.305 e. The Morgan fingerprint density at radius 3 is 2.48 bits per heavy atom. The van der Waals surface area contributed by atoms with Crippen LogP contribution in [-0.4, -0.2) is 39.0 Å². The van der Waals surface area contributed by atoms with Gasteiger partial charge >= 0.3 is 5.97 Å². The van der Waals surface area contributed by atoms with Gasteiger partial charge in [0.15, 0.2) is 0 Å². The van der Waals surface area contributed by atoms with Gasteiger partial charge in [-0.2, -0.15) is 0 Å². The molecule has 1 amide bonds. The number of carboxylic acids is 1. The lowest BCUT2D eigenvalue weighted by atomic mass is 10.0. The maximum atomic E-state index is 12.7. The molecule has 5 nitrogen and oxygen atoms in total. The first-order chi connectivity index (χ1) is 9.79. The maximum absolute atomic E-state index is 12.7. The first-order valence-corrected chi connectivity index (χ1v) is 6.90. The van der Waals surface area contributed by atoms with E-state index in [1.165, 1.54) is 0 Å². The van der Waals surface area contributed by atoms with Crippen molar-refractivity contribution in [2.45, 2.75) is 32.7 Å². The Kier molecular flexibility index (Phi) is 4.02. The molecule has 2 rings (SSSR count). The van der Waals surface area contributed by atoms with Crippen LogP contribution in [0.15, 0.2) is 30.3 Å². The summed E-state index contributed by atoms with van der Waals surface area (Å²) in [7, 11) is 0. The van der Waals surface area contributed by atoms with E-state index in [-0.39, 0.29) is 18.9 Å². The second kappa shape index (κ2) is 5.60. The number of rotatable bonds is 4. The zero-order valence-corrected chi connectivity index (χ0v) is 12.5. The van der Waals surface area contributed by atoms with Gasteiger partial charge < -0.3 is 15.0 Å². The van der Waals surface area contributed by atoms with E-state index in [2.05, 4.69) is 4.98 Å². The number of aromatic nitrogens is 1. The summed E-state index contributed by atoms with van der Waals surface area (Å²) >= 11 is 0. The number of aromatic amines is 1. The van der Waals surface area contributed by atoms with E-state index in [1.807, 2.05) is 45.0 Å². The Morgan fingerprint density at radius 2 is 1.90 bits per heavy atom. The minimum atomic E-state index is -0.909. The number of carbonyl (C=O) groups is 2. The van der Waals surface area contributed by atoms with E-state index in [0.717, 1.165) is 10.9 Å². The fourth-order valence-electron chi connectivity index (χ4n) is 2.28. The third-order valence-electron chi connectivity index (χ3n) is 3.36. The molecule has 0 atom stereocenters. The van der Waals surface area contributed by atoms with Gasteiger partial charge in [-0.1, -0.05) is 18.2 Å². The molecule has 0 spiro atoms. The van der Waals surface area contributed by atoms with Crippen LogP contribution in [0.2, 0.25) is 0 Å². The zero-order valence-electron chi connectivity index (χ0n) is 12.5. The van der Waals surface area contributed by atoms with Crippen LogP contribution in [0.4, 0.5) is 0 Å². The lowest BCUT2D eigenvalue weighted by molar-refractivity contribution is -0.137. The average molecular weight is 288 g/mol. The van der Waals surface area contributed by atoms with Gasteiger partial charge in [-0.15, -0.1) is 0 Å². The van der Waals surface area contributed by atoms with Gasteiger partial charge in [0.05, 0.1) is 6.42 Å². The molecule has 0 bridgehead atoms.